The number of benzene rings is 1. The van der Waals surface area contributed by atoms with E-state index in [9.17, 15) is 4.79 Å². The number of hydrogen-bond acceptors (Lipinski definition) is 3. The quantitative estimate of drug-likeness (QED) is 0.814. The standard InChI is InChI=1S/C13H17NO2S/c15-13(14-9-11-5-4-8-16-11)10-17-12-6-2-1-3-7-12/h1-3,6-7,11H,4-5,8-10H2,(H,14,15)/t11-/m0/s1. The summed E-state index contributed by atoms with van der Waals surface area (Å²) in [6.07, 6.45) is 2.39. The highest BCUT2D eigenvalue weighted by molar-refractivity contribution is 8.00. The lowest BCUT2D eigenvalue weighted by molar-refractivity contribution is -0.119. The Morgan fingerprint density at radius 3 is 2.94 bits per heavy atom. The number of carbonyl (C=O) groups is 1. The van der Waals surface area contributed by atoms with Gasteiger partial charge in [-0.05, 0) is 25.0 Å². The third-order valence-corrected chi connectivity index (χ3v) is 3.68. The van der Waals surface area contributed by atoms with Crippen LogP contribution in [0.2, 0.25) is 0 Å². The summed E-state index contributed by atoms with van der Waals surface area (Å²) in [6, 6.07) is 9.96. The van der Waals surface area contributed by atoms with Crippen molar-refractivity contribution in [3.05, 3.63) is 30.3 Å². The van der Waals surface area contributed by atoms with Crippen molar-refractivity contribution in [2.24, 2.45) is 0 Å². The van der Waals surface area contributed by atoms with E-state index >= 15 is 0 Å². The molecule has 1 saturated heterocycles. The topological polar surface area (TPSA) is 38.3 Å². The van der Waals surface area contributed by atoms with E-state index in [2.05, 4.69) is 5.32 Å². The van der Waals surface area contributed by atoms with Gasteiger partial charge in [0.05, 0.1) is 11.9 Å². The first-order valence-corrected chi connectivity index (χ1v) is 6.89. The number of nitrogens with one attached hydrogen (secondary N) is 1. The molecule has 0 aliphatic carbocycles. The molecule has 1 aliphatic rings. The fourth-order valence-corrected chi connectivity index (χ4v) is 2.50. The molecule has 1 aliphatic heterocycles. The van der Waals surface area contributed by atoms with Crippen molar-refractivity contribution in [1.82, 2.24) is 5.32 Å². The Hall–Kier alpha value is -1.00. The van der Waals surface area contributed by atoms with Gasteiger partial charge in [-0.1, -0.05) is 18.2 Å². The maximum Gasteiger partial charge on any atom is 0.230 e. The van der Waals surface area contributed by atoms with Gasteiger partial charge in [0.25, 0.3) is 0 Å². The second-order valence-corrected chi connectivity index (χ2v) is 5.09. The molecule has 0 bridgehead atoms. The zero-order valence-corrected chi connectivity index (χ0v) is 10.5. The second-order valence-electron chi connectivity index (χ2n) is 4.04. The summed E-state index contributed by atoms with van der Waals surface area (Å²) in [5, 5.41) is 2.91. The van der Waals surface area contributed by atoms with E-state index in [-0.39, 0.29) is 12.0 Å². The predicted molar refractivity (Wildman–Crippen MR) is 69.1 cm³/mol. The van der Waals surface area contributed by atoms with E-state index in [0.717, 1.165) is 24.3 Å². The van der Waals surface area contributed by atoms with Crippen LogP contribution in [0.25, 0.3) is 0 Å². The molecule has 1 heterocycles. The Kier molecular flexibility index (Phi) is 4.88. The third-order valence-electron chi connectivity index (χ3n) is 2.66. The third kappa shape index (κ3) is 4.40. The minimum atomic E-state index is 0.0781. The van der Waals surface area contributed by atoms with E-state index in [1.165, 1.54) is 0 Å². The predicted octanol–water partition coefficient (Wildman–Crippen LogP) is 2.07. The molecule has 17 heavy (non-hydrogen) atoms. The summed E-state index contributed by atoms with van der Waals surface area (Å²) in [5.41, 5.74) is 0. The molecule has 0 unspecified atom stereocenters. The lowest BCUT2D eigenvalue weighted by Crippen LogP contribution is -2.32. The normalized spacial score (nSPS) is 19.2. The van der Waals surface area contributed by atoms with Crippen LogP contribution in [0.4, 0.5) is 0 Å². The zero-order valence-electron chi connectivity index (χ0n) is 9.72. The fraction of sp³-hybridized carbons (Fsp3) is 0.462. The molecule has 1 fully saturated rings. The maximum atomic E-state index is 11.6. The van der Waals surface area contributed by atoms with E-state index in [0.29, 0.717) is 12.3 Å². The molecule has 92 valence electrons. The summed E-state index contributed by atoms with van der Waals surface area (Å²) >= 11 is 1.56. The van der Waals surface area contributed by atoms with Crippen molar-refractivity contribution >= 4 is 17.7 Å². The van der Waals surface area contributed by atoms with Crippen molar-refractivity contribution in [3.63, 3.8) is 0 Å². The fourth-order valence-electron chi connectivity index (χ4n) is 1.75. The highest BCUT2D eigenvalue weighted by atomic mass is 32.2. The van der Waals surface area contributed by atoms with Crippen molar-refractivity contribution in [2.75, 3.05) is 18.9 Å². The number of hydrogen-bond donors (Lipinski definition) is 1. The van der Waals surface area contributed by atoms with Gasteiger partial charge in [-0.2, -0.15) is 0 Å². The summed E-state index contributed by atoms with van der Waals surface area (Å²) in [7, 11) is 0. The number of ether oxygens (including phenoxy) is 1. The molecule has 1 amide bonds. The van der Waals surface area contributed by atoms with Crippen LogP contribution in [0, 0.1) is 0 Å². The smallest absolute Gasteiger partial charge is 0.230 e. The highest BCUT2D eigenvalue weighted by Gasteiger charge is 2.15. The molecule has 1 N–H and O–H groups in total. The molecule has 0 aromatic heterocycles. The van der Waals surface area contributed by atoms with E-state index in [1.54, 1.807) is 11.8 Å². The van der Waals surface area contributed by atoms with Gasteiger partial charge < -0.3 is 10.1 Å². The second kappa shape index (κ2) is 6.67. The number of amides is 1. The van der Waals surface area contributed by atoms with Gasteiger partial charge in [-0.15, -0.1) is 11.8 Å². The van der Waals surface area contributed by atoms with Gasteiger partial charge >= 0.3 is 0 Å². The largest absolute Gasteiger partial charge is 0.376 e. The lowest BCUT2D eigenvalue weighted by atomic mass is 10.2. The highest BCUT2D eigenvalue weighted by Crippen LogP contribution is 2.16. The molecule has 3 nitrogen and oxygen atoms in total. The molecule has 1 aromatic carbocycles. The molecular formula is C13H17NO2S. The molecule has 0 radical (unpaired) electrons. The Bertz CT molecular complexity index is 350. The van der Waals surface area contributed by atoms with Crippen LogP contribution in [0.5, 0.6) is 0 Å². The van der Waals surface area contributed by atoms with Crippen molar-refractivity contribution < 1.29 is 9.53 Å². The Morgan fingerprint density at radius 1 is 1.41 bits per heavy atom. The zero-order chi connectivity index (χ0) is 11.9. The van der Waals surface area contributed by atoms with Crippen molar-refractivity contribution in [1.29, 1.82) is 0 Å². The van der Waals surface area contributed by atoms with Crippen LogP contribution in [0.3, 0.4) is 0 Å². The van der Waals surface area contributed by atoms with Crippen LogP contribution >= 0.6 is 11.8 Å². The first-order valence-electron chi connectivity index (χ1n) is 5.91. The number of carbonyl (C=O) groups excluding carboxylic acids is 1. The number of thioether (sulfide) groups is 1. The Balaban J connectivity index is 1.64. The molecule has 4 heteroatoms. The first kappa shape index (κ1) is 12.5. The van der Waals surface area contributed by atoms with Crippen LogP contribution < -0.4 is 5.32 Å². The van der Waals surface area contributed by atoms with Gasteiger partial charge in [0.15, 0.2) is 0 Å². The van der Waals surface area contributed by atoms with E-state index in [4.69, 9.17) is 4.74 Å². The Morgan fingerprint density at radius 2 is 2.24 bits per heavy atom. The average Bonchev–Trinajstić information content (AvgIpc) is 2.88. The van der Waals surface area contributed by atoms with Crippen LogP contribution in [-0.4, -0.2) is 30.9 Å². The first-order chi connectivity index (χ1) is 8.34. The minimum absolute atomic E-state index is 0.0781. The number of rotatable bonds is 5. The van der Waals surface area contributed by atoms with Gasteiger partial charge in [0.2, 0.25) is 5.91 Å². The van der Waals surface area contributed by atoms with E-state index in [1.807, 2.05) is 30.3 Å². The van der Waals surface area contributed by atoms with E-state index < -0.39 is 0 Å². The molecule has 0 saturated carbocycles. The van der Waals surface area contributed by atoms with Crippen LogP contribution in [-0.2, 0) is 9.53 Å². The van der Waals surface area contributed by atoms with Crippen LogP contribution in [0.15, 0.2) is 35.2 Å². The summed E-state index contributed by atoms with van der Waals surface area (Å²) in [4.78, 5) is 12.7. The summed E-state index contributed by atoms with van der Waals surface area (Å²) in [5.74, 6) is 0.547. The summed E-state index contributed by atoms with van der Waals surface area (Å²) < 4.78 is 5.44. The van der Waals surface area contributed by atoms with Gasteiger partial charge in [-0.3, -0.25) is 4.79 Å². The minimum Gasteiger partial charge on any atom is -0.376 e. The molecular weight excluding hydrogens is 234 g/mol. The molecule has 2 rings (SSSR count). The van der Waals surface area contributed by atoms with Gasteiger partial charge in [-0.25, -0.2) is 0 Å². The summed E-state index contributed by atoms with van der Waals surface area (Å²) in [6.45, 7) is 1.48. The molecule has 1 atom stereocenters. The van der Waals surface area contributed by atoms with Gasteiger partial charge in [0.1, 0.15) is 0 Å². The monoisotopic (exact) mass is 251 g/mol. The van der Waals surface area contributed by atoms with Gasteiger partial charge in [0, 0.05) is 18.0 Å². The SMILES string of the molecule is O=C(CSc1ccccc1)NC[C@@H]1CCCO1. The lowest BCUT2D eigenvalue weighted by Gasteiger charge is -2.10. The average molecular weight is 251 g/mol. The van der Waals surface area contributed by atoms with Crippen LogP contribution in [0.1, 0.15) is 12.8 Å². The Labute approximate surface area is 106 Å². The van der Waals surface area contributed by atoms with Crippen molar-refractivity contribution in [3.8, 4) is 0 Å². The molecule has 0 spiro atoms. The maximum absolute atomic E-state index is 11.6. The molecule has 1 aromatic rings. The van der Waals surface area contributed by atoms with Crippen molar-refractivity contribution in [2.45, 2.75) is 23.8 Å².